The number of nitro benzene ring substituents is 1. The Morgan fingerprint density at radius 3 is 2.28 bits per heavy atom. The summed E-state index contributed by atoms with van der Waals surface area (Å²) in [7, 11) is -3.19. The molecule has 0 aliphatic carbocycles. The van der Waals surface area contributed by atoms with E-state index in [0.717, 1.165) is 0 Å². The zero-order valence-electron chi connectivity index (χ0n) is 10.5. The van der Waals surface area contributed by atoms with E-state index < -0.39 is 12.5 Å². The normalized spacial score (nSPS) is 14.2. The Morgan fingerprint density at radius 1 is 1.33 bits per heavy atom. The van der Waals surface area contributed by atoms with E-state index in [1.54, 1.807) is 20.8 Å². The third kappa shape index (κ3) is 4.13. The van der Waals surface area contributed by atoms with Crippen molar-refractivity contribution in [3.63, 3.8) is 0 Å². The first-order valence-corrected chi connectivity index (χ1v) is 7.30. The van der Waals surface area contributed by atoms with Crippen molar-refractivity contribution >= 4 is 13.3 Å². The fraction of sp³-hybridized carbons (Fsp3) is 0.455. The third-order valence-corrected chi connectivity index (χ3v) is 4.06. The van der Waals surface area contributed by atoms with Gasteiger partial charge in [0, 0.05) is 12.1 Å². The van der Waals surface area contributed by atoms with E-state index in [9.17, 15) is 14.7 Å². The lowest BCUT2D eigenvalue weighted by molar-refractivity contribution is -0.384. The first-order valence-electron chi connectivity index (χ1n) is 5.58. The molecule has 1 aromatic rings. The molecule has 0 N–H and O–H groups in total. The van der Waals surface area contributed by atoms with Crippen LogP contribution in [0.25, 0.3) is 0 Å². The number of hydrogen-bond acceptors (Lipinski definition) is 5. The van der Waals surface area contributed by atoms with Crippen LogP contribution >= 0.6 is 7.60 Å². The minimum absolute atomic E-state index is 0.0431. The summed E-state index contributed by atoms with van der Waals surface area (Å²) in [5.41, 5.74) is -0.0431. The summed E-state index contributed by atoms with van der Waals surface area (Å²) in [6.45, 7) is 5.23. The lowest BCUT2D eigenvalue weighted by atomic mass is 10.3. The number of nitrogens with zero attached hydrogens (tertiary/aromatic N) is 1. The second-order valence-corrected chi connectivity index (χ2v) is 6.17. The number of rotatable bonds is 6. The van der Waals surface area contributed by atoms with Crippen molar-refractivity contribution < 1.29 is 18.5 Å². The van der Waals surface area contributed by atoms with Crippen molar-refractivity contribution in [1.82, 2.24) is 0 Å². The Morgan fingerprint density at radius 2 is 1.89 bits per heavy atom. The second kappa shape index (κ2) is 5.98. The van der Waals surface area contributed by atoms with E-state index in [0.29, 0.717) is 5.75 Å². The first kappa shape index (κ1) is 14.7. The van der Waals surface area contributed by atoms with Crippen LogP contribution in [0.1, 0.15) is 20.8 Å². The minimum atomic E-state index is -3.19. The number of nitro groups is 1. The van der Waals surface area contributed by atoms with E-state index in [4.69, 9.17) is 9.05 Å². The zero-order valence-corrected chi connectivity index (χ0v) is 11.4. The van der Waals surface area contributed by atoms with Crippen LogP contribution in [0.2, 0.25) is 0 Å². The largest absolute Gasteiger partial charge is 0.424 e. The van der Waals surface area contributed by atoms with Gasteiger partial charge in [-0.05, 0) is 26.0 Å². The maximum Gasteiger partial charge on any atom is 0.379 e. The molecule has 0 saturated carbocycles. The lowest BCUT2D eigenvalue weighted by Gasteiger charge is -2.19. The van der Waals surface area contributed by atoms with Gasteiger partial charge in [-0.3, -0.25) is 14.6 Å². The Kier molecular flexibility index (Phi) is 4.87. The number of benzene rings is 1. The third-order valence-electron chi connectivity index (χ3n) is 2.05. The van der Waals surface area contributed by atoms with Gasteiger partial charge in [-0.1, -0.05) is 6.92 Å². The van der Waals surface area contributed by atoms with Crippen LogP contribution in [0.5, 0.6) is 5.75 Å². The average molecular weight is 273 g/mol. The molecular formula is C11H16NO5P. The van der Waals surface area contributed by atoms with Crippen LogP contribution in [-0.4, -0.2) is 17.2 Å². The Labute approximate surface area is 106 Å². The summed E-state index contributed by atoms with van der Waals surface area (Å²) in [6, 6.07) is 5.41. The van der Waals surface area contributed by atoms with E-state index in [2.05, 4.69) is 0 Å². The summed E-state index contributed by atoms with van der Waals surface area (Å²) in [4.78, 5) is 9.98. The average Bonchev–Trinajstić information content (AvgIpc) is 2.28. The quantitative estimate of drug-likeness (QED) is 0.449. The predicted octanol–water partition coefficient (Wildman–Crippen LogP) is 3.61. The topological polar surface area (TPSA) is 78.7 Å². The molecule has 0 spiro atoms. The molecule has 0 radical (unpaired) electrons. The Hall–Kier alpha value is -1.39. The molecule has 0 aliphatic rings. The highest BCUT2D eigenvalue weighted by molar-refractivity contribution is 7.54. The van der Waals surface area contributed by atoms with Gasteiger partial charge in [-0.15, -0.1) is 0 Å². The van der Waals surface area contributed by atoms with E-state index >= 15 is 0 Å². The zero-order chi connectivity index (χ0) is 13.8. The molecule has 100 valence electrons. The molecule has 1 unspecified atom stereocenters. The highest BCUT2D eigenvalue weighted by atomic mass is 31.2. The summed E-state index contributed by atoms with van der Waals surface area (Å²) in [6.07, 6.45) is 0.0242. The minimum Gasteiger partial charge on any atom is -0.424 e. The summed E-state index contributed by atoms with van der Waals surface area (Å²) in [5, 5.41) is 10.5. The first-order chi connectivity index (χ1) is 8.36. The molecule has 6 nitrogen and oxygen atoms in total. The van der Waals surface area contributed by atoms with E-state index in [1.807, 2.05) is 0 Å². The monoisotopic (exact) mass is 273 g/mol. The molecule has 0 bridgehead atoms. The van der Waals surface area contributed by atoms with Gasteiger partial charge in [0.1, 0.15) is 5.75 Å². The lowest BCUT2D eigenvalue weighted by Crippen LogP contribution is -2.06. The molecule has 0 aliphatic heterocycles. The van der Waals surface area contributed by atoms with Crippen molar-refractivity contribution in [2.24, 2.45) is 0 Å². The fourth-order valence-corrected chi connectivity index (χ4v) is 2.68. The molecule has 0 saturated heterocycles. The molecule has 0 amide bonds. The highest BCUT2D eigenvalue weighted by Gasteiger charge is 2.25. The van der Waals surface area contributed by atoms with Gasteiger partial charge in [0.25, 0.3) is 5.69 Å². The number of non-ortho nitro benzene ring substituents is 1. The smallest absolute Gasteiger partial charge is 0.379 e. The molecule has 1 atom stereocenters. The van der Waals surface area contributed by atoms with Crippen LogP contribution in [-0.2, 0) is 9.09 Å². The molecule has 0 aromatic heterocycles. The molecule has 0 heterocycles. The summed E-state index contributed by atoms with van der Waals surface area (Å²) in [5.74, 6) is 0.298. The molecule has 18 heavy (non-hydrogen) atoms. The summed E-state index contributed by atoms with van der Waals surface area (Å²) < 4.78 is 22.8. The maximum atomic E-state index is 12.2. The van der Waals surface area contributed by atoms with E-state index in [1.165, 1.54) is 24.3 Å². The predicted molar refractivity (Wildman–Crippen MR) is 68.1 cm³/mol. The van der Waals surface area contributed by atoms with Gasteiger partial charge in [-0.25, -0.2) is 4.57 Å². The van der Waals surface area contributed by atoms with Gasteiger partial charge < -0.3 is 4.52 Å². The SMILES string of the molecule is CCP(=O)(Oc1ccc([N+](=O)[O-])cc1)OC(C)C. The van der Waals surface area contributed by atoms with Gasteiger partial charge in [0.2, 0.25) is 0 Å². The Balaban J connectivity index is 2.82. The standard InChI is InChI=1S/C11H16NO5P/c1-4-18(15,16-9(2)3)17-11-7-5-10(6-8-11)12(13)14/h5-9H,4H2,1-3H3. The molecule has 7 heteroatoms. The Bertz CT molecular complexity index is 457. The van der Waals surface area contributed by atoms with Crippen molar-refractivity contribution in [2.75, 3.05) is 6.16 Å². The molecular weight excluding hydrogens is 257 g/mol. The van der Waals surface area contributed by atoms with Crippen LogP contribution < -0.4 is 4.52 Å². The highest BCUT2D eigenvalue weighted by Crippen LogP contribution is 2.48. The maximum absolute atomic E-state index is 12.2. The number of hydrogen-bond donors (Lipinski definition) is 0. The van der Waals surface area contributed by atoms with Crippen LogP contribution in [0.3, 0.4) is 0 Å². The van der Waals surface area contributed by atoms with Crippen LogP contribution in [0.15, 0.2) is 24.3 Å². The fourth-order valence-electron chi connectivity index (χ4n) is 1.27. The van der Waals surface area contributed by atoms with Gasteiger partial charge in [0.15, 0.2) is 0 Å². The molecule has 1 aromatic carbocycles. The van der Waals surface area contributed by atoms with Crippen molar-refractivity contribution in [3.8, 4) is 5.75 Å². The van der Waals surface area contributed by atoms with E-state index in [-0.39, 0.29) is 18.0 Å². The summed E-state index contributed by atoms with van der Waals surface area (Å²) >= 11 is 0. The van der Waals surface area contributed by atoms with Crippen molar-refractivity contribution in [3.05, 3.63) is 34.4 Å². The van der Waals surface area contributed by atoms with Crippen LogP contribution in [0, 0.1) is 10.1 Å². The second-order valence-electron chi connectivity index (χ2n) is 3.92. The van der Waals surface area contributed by atoms with Gasteiger partial charge >= 0.3 is 7.60 Å². The van der Waals surface area contributed by atoms with Crippen LogP contribution in [0.4, 0.5) is 5.69 Å². The van der Waals surface area contributed by atoms with Gasteiger partial charge in [0.05, 0.1) is 17.2 Å². The molecule has 1 rings (SSSR count). The van der Waals surface area contributed by atoms with Crippen molar-refractivity contribution in [2.45, 2.75) is 26.9 Å². The van der Waals surface area contributed by atoms with Gasteiger partial charge in [-0.2, -0.15) is 0 Å². The van der Waals surface area contributed by atoms with Crippen molar-refractivity contribution in [1.29, 1.82) is 0 Å². The molecule has 0 fully saturated rings.